The Morgan fingerprint density at radius 1 is 0.939 bits per heavy atom. The number of unbranched alkanes of at least 4 members (excludes halogenated alkanes) is 3. The highest BCUT2D eigenvalue weighted by molar-refractivity contribution is 9.10. The van der Waals surface area contributed by atoms with Gasteiger partial charge in [-0.25, -0.2) is 0 Å². The van der Waals surface area contributed by atoms with Crippen LogP contribution in [0.3, 0.4) is 0 Å². The maximum absolute atomic E-state index is 13.3. The normalized spacial score (nSPS) is 10.9. The van der Waals surface area contributed by atoms with Crippen molar-refractivity contribution < 1.29 is 14.3 Å². The number of hydrogen-bond acceptors (Lipinski definition) is 3. The Morgan fingerprint density at radius 3 is 2.30 bits per heavy atom. The SMILES string of the molecule is CCCCCN(CC(=O)N(CCCC)Cc1cccn1Cc1ccc(Br)cc1)C(=O)COC. The molecule has 182 valence electrons. The predicted octanol–water partition coefficient (Wildman–Crippen LogP) is 5.09. The van der Waals surface area contributed by atoms with Crippen LogP contribution in [0.4, 0.5) is 0 Å². The maximum atomic E-state index is 13.3. The summed E-state index contributed by atoms with van der Waals surface area (Å²) >= 11 is 3.48. The maximum Gasteiger partial charge on any atom is 0.249 e. The molecule has 0 unspecified atom stereocenters. The van der Waals surface area contributed by atoms with E-state index in [1.165, 1.54) is 12.7 Å². The van der Waals surface area contributed by atoms with E-state index in [0.717, 1.165) is 48.8 Å². The van der Waals surface area contributed by atoms with Crippen LogP contribution < -0.4 is 0 Å². The molecule has 0 spiro atoms. The van der Waals surface area contributed by atoms with Crippen molar-refractivity contribution in [1.29, 1.82) is 0 Å². The smallest absolute Gasteiger partial charge is 0.249 e. The average Bonchev–Trinajstić information content (AvgIpc) is 3.24. The molecule has 2 rings (SSSR count). The molecule has 0 bridgehead atoms. The van der Waals surface area contributed by atoms with Gasteiger partial charge in [-0.1, -0.05) is 61.2 Å². The molecular weight excluding hydrogens is 482 g/mol. The molecule has 7 heteroatoms. The highest BCUT2D eigenvalue weighted by Gasteiger charge is 2.22. The van der Waals surface area contributed by atoms with E-state index in [0.29, 0.717) is 19.6 Å². The Kier molecular flexibility index (Phi) is 12.3. The molecule has 0 fully saturated rings. The van der Waals surface area contributed by atoms with E-state index < -0.39 is 0 Å². The molecular formula is C26H38BrN3O3. The van der Waals surface area contributed by atoms with Gasteiger partial charge in [0.05, 0.1) is 13.1 Å². The van der Waals surface area contributed by atoms with Crippen molar-refractivity contribution in [2.45, 2.75) is 59.0 Å². The molecule has 6 nitrogen and oxygen atoms in total. The second-order valence-corrected chi connectivity index (χ2v) is 9.29. The van der Waals surface area contributed by atoms with Gasteiger partial charge in [0.15, 0.2) is 0 Å². The van der Waals surface area contributed by atoms with Gasteiger partial charge in [-0.2, -0.15) is 0 Å². The molecule has 1 aromatic heterocycles. The fourth-order valence-corrected chi connectivity index (χ4v) is 3.96. The summed E-state index contributed by atoms with van der Waals surface area (Å²) in [5, 5.41) is 0. The fourth-order valence-electron chi connectivity index (χ4n) is 3.69. The molecule has 0 saturated carbocycles. The van der Waals surface area contributed by atoms with Gasteiger partial charge < -0.3 is 19.1 Å². The lowest BCUT2D eigenvalue weighted by Crippen LogP contribution is -2.44. The third-order valence-electron chi connectivity index (χ3n) is 5.66. The minimum atomic E-state index is -0.129. The first-order valence-electron chi connectivity index (χ1n) is 11.9. The number of benzene rings is 1. The lowest BCUT2D eigenvalue weighted by atomic mass is 10.2. The first kappa shape index (κ1) is 27.1. The number of halogens is 1. The number of hydrogen-bond donors (Lipinski definition) is 0. The molecule has 2 aromatic rings. The third-order valence-corrected chi connectivity index (χ3v) is 6.18. The number of carbonyl (C=O) groups excluding carboxylic acids is 2. The van der Waals surface area contributed by atoms with E-state index in [1.807, 2.05) is 23.1 Å². The second kappa shape index (κ2) is 14.9. The van der Waals surface area contributed by atoms with E-state index in [1.54, 1.807) is 4.90 Å². The van der Waals surface area contributed by atoms with Crippen LogP contribution in [0.25, 0.3) is 0 Å². The second-order valence-electron chi connectivity index (χ2n) is 8.38. The number of ether oxygens (including phenoxy) is 1. The summed E-state index contributed by atoms with van der Waals surface area (Å²) in [5.41, 5.74) is 2.29. The molecule has 0 radical (unpaired) electrons. The summed E-state index contributed by atoms with van der Waals surface area (Å²) in [7, 11) is 1.51. The van der Waals surface area contributed by atoms with E-state index in [2.05, 4.69) is 58.7 Å². The van der Waals surface area contributed by atoms with Crippen molar-refractivity contribution in [2.24, 2.45) is 0 Å². The molecule has 0 N–H and O–H groups in total. The Balaban J connectivity index is 2.11. The Hall–Kier alpha value is -2.12. The van der Waals surface area contributed by atoms with Crippen LogP contribution >= 0.6 is 15.9 Å². The Labute approximate surface area is 207 Å². The topological polar surface area (TPSA) is 54.8 Å². The minimum Gasteiger partial charge on any atom is -0.375 e. The number of amides is 2. The first-order chi connectivity index (χ1) is 16.0. The summed E-state index contributed by atoms with van der Waals surface area (Å²) in [6.07, 6.45) is 6.99. The molecule has 33 heavy (non-hydrogen) atoms. The Bertz CT molecular complexity index is 851. The van der Waals surface area contributed by atoms with Crippen molar-refractivity contribution in [1.82, 2.24) is 14.4 Å². The zero-order valence-corrected chi connectivity index (χ0v) is 21.8. The quantitative estimate of drug-likeness (QED) is 0.308. The van der Waals surface area contributed by atoms with E-state index in [9.17, 15) is 9.59 Å². The van der Waals surface area contributed by atoms with Crippen LogP contribution in [0.1, 0.15) is 57.2 Å². The summed E-state index contributed by atoms with van der Waals surface area (Å²) in [4.78, 5) is 29.4. The number of aromatic nitrogens is 1. The van der Waals surface area contributed by atoms with Gasteiger partial charge in [-0.3, -0.25) is 9.59 Å². The molecule has 0 aliphatic heterocycles. The number of methoxy groups -OCH3 is 1. The standard InChI is InChI=1S/C26H38BrN3O3/c1-4-6-8-16-30(26(32)21-33-3)20-25(31)29(15-7-5-2)19-24-10-9-17-28(24)18-22-11-13-23(27)14-12-22/h9-14,17H,4-8,15-16,18-21H2,1-3H3. The van der Waals surface area contributed by atoms with Gasteiger partial charge in [0.2, 0.25) is 11.8 Å². The van der Waals surface area contributed by atoms with Gasteiger partial charge in [-0.05, 0) is 42.7 Å². The molecule has 0 saturated heterocycles. The zero-order valence-electron chi connectivity index (χ0n) is 20.3. The summed E-state index contributed by atoms with van der Waals surface area (Å²) in [6.45, 7) is 6.90. The van der Waals surface area contributed by atoms with Gasteiger partial charge in [0, 0.05) is 43.1 Å². The third kappa shape index (κ3) is 9.33. The largest absolute Gasteiger partial charge is 0.375 e. The molecule has 0 atom stereocenters. The van der Waals surface area contributed by atoms with E-state index in [4.69, 9.17) is 4.74 Å². The highest BCUT2D eigenvalue weighted by Crippen LogP contribution is 2.15. The summed E-state index contributed by atoms with van der Waals surface area (Å²) in [6, 6.07) is 12.4. The fraction of sp³-hybridized carbons (Fsp3) is 0.538. The van der Waals surface area contributed by atoms with Crippen LogP contribution in [0.15, 0.2) is 47.1 Å². The molecule has 0 aliphatic carbocycles. The van der Waals surface area contributed by atoms with Crippen LogP contribution in [0, 0.1) is 0 Å². The van der Waals surface area contributed by atoms with Crippen LogP contribution in [-0.4, -0.2) is 59.5 Å². The van der Waals surface area contributed by atoms with Crippen molar-refractivity contribution in [3.05, 3.63) is 58.3 Å². The lowest BCUT2D eigenvalue weighted by molar-refractivity contribution is -0.143. The molecule has 0 aliphatic rings. The predicted molar refractivity (Wildman–Crippen MR) is 136 cm³/mol. The van der Waals surface area contributed by atoms with Crippen molar-refractivity contribution in [2.75, 3.05) is 33.4 Å². The average molecular weight is 521 g/mol. The van der Waals surface area contributed by atoms with Gasteiger partial charge in [0.1, 0.15) is 6.61 Å². The van der Waals surface area contributed by atoms with Crippen LogP contribution in [0.5, 0.6) is 0 Å². The first-order valence-corrected chi connectivity index (χ1v) is 12.7. The van der Waals surface area contributed by atoms with Crippen molar-refractivity contribution in [3.63, 3.8) is 0 Å². The van der Waals surface area contributed by atoms with Gasteiger partial charge >= 0.3 is 0 Å². The van der Waals surface area contributed by atoms with Gasteiger partial charge in [0.25, 0.3) is 0 Å². The Morgan fingerprint density at radius 2 is 1.64 bits per heavy atom. The van der Waals surface area contributed by atoms with Crippen molar-refractivity contribution in [3.8, 4) is 0 Å². The summed E-state index contributed by atoms with van der Waals surface area (Å²) < 4.78 is 8.28. The number of nitrogens with zero attached hydrogens (tertiary/aromatic N) is 3. The molecule has 1 heterocycles. The molecule has 1 aromatic carbocycles. The van der Waals surface area contributed by atoms with E-state index in [-0.39, 0.29) is 25.0 Å². The van der Waals surface area contributed by atoms with E-state index >= 15 is 0 Å². The number of rotatable bonds is 15. The molecule has 2 amide bonds. The summed E-state index contributed by atoms with van der Waals surface area (Å²) in [5.74, 6) is -0.142. The zero-order chi connectivity index (χ0) is 24.1. The van der Waals surface area contributed by atoms with Crippen LogP contribution in [0.2, 0.25) is 0 Å². The van der Waals surface area contributed by atoms with Gasteiger partial charge in [-0.15, -0.1) is 0 Å². The lowest BCUT2D eigenvalue weighted by Gasteiger charge is -2.28. The highest BCUT2D eigenvalue weighted by atomic mass is 79.9. The monoisotopic (exact) mass is 519 g/mol. The number of carbonyl (C=O) groups is 2. The van der Waals surface area contributed by atoms with Crippen LogP contribution in [-0.2, 0) is 27.4 Å². The minimum absolute atomic E-state index is 0.00437. The van der Waals surface area contributed by atoms with Crippen molar-refractivity contribution >= 4 is 27.7 Å².